The molecule has 0 aromatic carbocycles. The number of nitrogens with one attached hydrogen (secondary N) is 6. The van der Waals surface area contributed by atoms with Gasteiger partial charge >= 0.3 is 0 Å². The van der Waals surface area contributed by atoms with Crippen LogP contribution in [0.1, 0.15) is 71.1 Å². The fourth-order valence-corrected chi connectivity index (χ4v) is 5.19. The van der Waals surface area contributed by atoms with E-state index in [1.54, 1.807) is 11.8 Å². The lowest BCUT2D eigenvalue weighted by Crippen LogP contribution is -2.58. The topological polar surface area (TPSA) is 254 Å². The Bertz CT molecular complexity index is 891. The molecule has 2 fully saturated rings. The van der Waals surface area contributed by atoms with Crippen molar-refractivity contribution >= 4 is 29.6 Å². The van der Waals surface area contributed by atoms with Crippen LogP contribution in [0, 0.1) is 5.41 Å². The first-order chi connectivity index (χ1) is 19.6. The molecule has 0 aliphatic carbocycles. The van der Waals surface area contributed by atoms with Crippen LogP contribution < -0.4 is 43.8 Å². The van der Waals surface area contributed by atoms with Crippen molar-refractivity contribution in [3.8, 4) is 0 Å². The highest BCUT2D eigenvalue weighted by atomic mass is 16.3. The molecule has 2 aliphatic rings. The minimum Gasteiger partial charge on any atom is -0.376 e. The number of carbonyl (C=O) groups is 4. The van der Waals surface area contributed by atoms with Crippen molar-refractivity contribution in [2.75, 3.05) is 26.2 Å². The van der Waals surface area contributed by atoms with E-state index in [0.717, 1.165) is 0 Å². The molecule has 13 N–H and O–H groups in total. The van der Waals surface area contributed by atoms with Crippen LogP contribution in [0.4, 0.5) is 0 Å². The molecular formula is C26H50N10O5. The molecule has 0 bridgehead atoms. The van der Waals surface area contributed by atoms with E-state index in [-0.39, 0.29) is 18.3 Å². The SMILES string of the molecule is C[C@@H]1NC(O)[C@H]2CCCN2C(=O)[C@H](CCCNC(=N)N)NC(=O)[C@H](CCCCN)NC(=O)[C@H](CCCCN)NC1=O. The Morgan fingerprint density at radius 2 is 1.44 bits per heavy atom. The maximum Gasteiger partial charge on any atom is 0.245 e. The number of rotatable bonds is 12. The fourth-order valence-electron chi connectivity index (χ4n) is 5.19. The third-order valence-corrected chi connectivity index (χ3v) is 7.52. The zero-order valence-electron chi connectivity index (χ0n) is 24.1. The Morgan fingerprint density at radius 3 is 2.00 bits per heavy atom. The van der Waals surface area contributed by atoms with Gasteiger partial charge in [-0.2, -0.15) is 0 Å². The number of fused-ring (bicyclic) bond motifs is 1. The van der Waals surface area contributed by atoms with Gasteiger partial charge in [-0.05, 0) is 84.2 Å². The van der Waals surface area contributed by atoms with Gasteiger partial charge in [0.25, 0.3) is 0 Å². The van der Waals surface area contributed by atoms with E-state index in [1.807, 2.05) is 0 Å². The van der Waals surface area contributed by atoms with Crippen LogP contribution in [0.3, 0.4) is 0 Å². The fraction of sp³-hybridized carbons (Fsp3) is 0.808. The zero-order chi connectivity index (χ0) is 30.4. The number of nitrogens with zero attached hydrogens (tertiary/aromatic N) is 1. The molecule has 0 spiro atoms. The summed E-state index contributed by atoms with van der Waals surface area (Å²) in [6.45, 7) is 3.16. The van der Waals surface area contributed by atoms with Gasteiger partial charge in [-0.25, -0.2) is 0 Å². The number of hydrogen-bond acceptors (Lipinski definition) is 9. The van der Waals surface area contributed by atoms with Crippen molar-refractivity contribution in [1.82, 2.24) is 31.5 Å². The Kier molecular flexibility index (Phi) is 14.8. The van der Waals surface area contributed by atoms with E-state index in [1.165, 1.54) is 0 Å². The average molecular weight is 583 g/mol. The van der Waals surface area contributed by atoms with Crippen LogP contribution in [0.15, 0.2) is 0 Å². The van der Waals surface area contributed by atoms with Crippen molar-refractivity contribution in [1.29, 1.82) is 5.41 Å². The Balaban J connectivity index is 2.39. The second-order valence-corrected chi connectivity index (χ2v) is 10.8. The predicted molar refractivity (Wildman–Crippen MR) is 154 cm³/mol. The van der Waals surface area contributed by atoms with E-state index in [2.05, 4.69) is 26.6 Å². The standard InChI is InChI=1S/C26H50N10O5/c1-16-21(37)33-17(8-2-4-12-27)22(38)34-18(9-3-5-13-28)23(39)35-19(10-6-14-31-26(29)30)25(41)36-15-7-11-20(36)24(40)32-16/h16-20,24,32,40H,2-15,27-28H2,1H3,(H,33,37)(H,34,38)(H,35,39)(H4,29,30,31)/t16-,17-,18-,19-,20+,24?/m0/s1. The van der Waals surface area contributed by atoms with E-state index >= 15 is 0 Å². The summed E-state index contributed by atoms with van der Waals surface area (Å²) in [6, 6.07) is -4.25. The van der Waals surface area contributed by atoms with Gasteiger partial charge in [0.05, 0.1) is 12.1 Å². The number of amides is 4. The summed E-state index contributed by atoms with van der Waals surface area (Å²) in [5.74, 6) is -2.07. The Hall–Kier alpha value is -3.01. The van der Waals surface area contributed by atoms with E-state index in [0.29, 0.717) is 84.0 Å². The van der Waals surface area contributed by atoms with Gasteiger partial charge in [-0.3, -0.25) is 29.9 Å². The number of hydrogen-bond donors (Lipinski definition) is 10. The summed E-state index contributed by atoms with van der Waals surface area (Å²) in [5, 5.41) is 32.3. The van der Waals surface area contributed by atoms with Gasteiger partial charge in [-0.1, -0.05) is 0 Å². The molecule has 4 amide bonds. The molecule has 0 saturated carbocycles. The largest absolute Gasteiger partial charge is 0.376 e. The monoisotopic (exact) mass is 582 g/mol. The van der Waals surface area contributed by atoms with Gasteiger partial charge in [0.2, 0.25) is 23.6 Å². The normalized spacial score (nSPS) is 28.1. The summed E-state index contributed by atoms with van der Waals surface area (Å²) in [4.78, 5) is 55.3. The van der Waals surface area contributed by atoms with Crippen LogP contribution in [0.5, 0.6) is 0 Å². The molecular weight excluding hydrogens is 532 g/mol. The van der Waals surface area contributed by atoms with Crippen LogP contribution in [0.25, 0.3) is 0 Å². The maximum absolute atomic E-state index is 13.8. The molecule has 15 heteroatoms. The van der Waals surface area contributed by atoms with E-state index < -0.39 is 54.2 Å². The minimum absolute atomic E-state index is 0.197. The lowest BCUT2D eigenvalue weighted by molar-refractivity contribution is -0.140. The molecule has 6 atom stereocenters. The van der Waals surface area contributed by atoms with Gasteiger partial charge in [0.1, 0.15) is 24.4 Å². The Morgan fingerprint density at radius 1 is 0.902 bits per heavy atom. The van der Waals surface area contributed by atoms with Crippen molar-refractivity contribution < 1.29 is 24.3 Å². The number of unbranched alkanes of at least 4 members (excludes halogenated alkanes) is 2. The molecule has 0 aromatic heterocycles. The second-order valence-electron chi connectivity index (χ2n) is 10.8. The highest BCUT2D eigenvalue weighted by Crippen LogP contribution is 2.22. The van der Waals surface area contributed by atoms with Crippen molar-refractivity contribution in [3.63, 3.8) is 0 Å². The number of aliphatic hydroxyl groups excluding tert-OH is 1. The first kappa shape index (κ1) is 34.2. The average Bonchev–Trinajstić information content (AvgIpc) is 3.42. The summed E-state index contributed by atoms with van der Waals surface area (Å²) in [7, 11) is 0. The lowest BCUT2D eigenvalue weighted by Gasteiger charge is -2.33. The third kappa shape index (κ3) is 11.1. The summed E-state index contributed by atoms with van der Waals surface area (Å²) < 4.78 is 0. The molecule has 0 radical (unpaired) electrons. The van der Waals surface area contributed by atoms with Gasteiger partial charge < -0.3 is 48.5 Å². The molecule has 2 saturated heterocycles. The minimum atomic E-state index is -1.20. The molecule has 1 unspecified atom stereocenters. The second kappa shape index (κ2) is 17.7. The molecule has 0 aromatic rings. The van der Waals surface area contributed by atoms with Gasteiger partial charge in [0.15, 0.2) is 5.96 Å². The third-order valence-electron chi connectivity index (χ3n) is 7.52. The molecule has 2 heterocycles. The number of carbonyl (C=O) groups excluding carboxylic acids is 4. The van der Waals surface area contributed by atoms with Crippen molar-refractivity contribution in [3.05, 3.63) is 0 Å². The first-order valence-corrected chi connectivity index (χ1v) is 14.7. The smallest absolute Gasteiger partial charge is 0.245 e. The lowest BCUT2D eigenvalue weighted by atomic mass is 10.0. The number of guanidine groups is 1. The molecule has 2 rings (SSSR count). The predicted octanol–water partition coefficient (Wildman–Crippen LogP) is -2.74. The molecule has 234 valence electrons. The zero-order valence-corrected chi connectivity index (χ0v) is 24.1. The maximum atomic E-state index is 13.8. The van der Waals surface area contributed by atoms with Crippen LogP contribution in [-0.4, -0.2) is 102 Å². The molecule has 2 aliphatic heterocycles. The summed E-state index contributed by atoms with van der Waals surface area (Å²) in [6.07, 6.45) is 3.74. The summed E-state index contributed by atoms with van der Waals surface area (Å²) >= 11 is 0. The van der Waals surface area contributed by atoms with Crippen LogP contribution in [-0.2, 0) is 19.2 Å². The van der Waals surface area contributed by atoms with Crippen molar-refractivity contribution in [2.24, 2.45) is 17.2 Å². The molecule has 41 heavy (non-hydrogen) atoms. The van der Waals surface area contributed by atoms with Crippen LogP contribution in [0.2, 0.25) is 0 Å². The number of aliphatic hydroxyl groups is 1. The Labute approximate surface area is 242 Å². The van der Waals surface area contributed by atoms with E-state index in [9.17, 15) is 24.3 Å². The van der Waals surface area contributed by atoms with Gasteiger partial charge in [0, 0.05) is 13.1 Å². The number of nitrogens with two attached hydrogens (primary N) is 3. The highest BCUT2D eigenvalue weighted by Gasteiger charge is 2.39. The highest BCUT2D eigenvalue weighted by molar-refractivity contribution is 5.95. The first-order valence-electron chi connectivity index (χ1n) is 14.7. The van der Waals surface area contributed by atoms with E-state index in [4.69, 9.17) is 22.6 Å². The van der Waals surface area contributed by atoms with Crippen molar-refractivity contribution in [2.45, 2.75) is 108 Å². The van der Waals surface area contributed by atoms with Crippen LogP contribution >= 0.6 is 0 Å². The van der Waals surface area contributed by atoms with Gasteiger partial charge in [-0.15, -0.1) is 0 Å². The summed E-state index contributed by atoms with van der Waals surface area (Å²) in [5.41, 5.74) is 16.6. The molecule has 15 nitrogen and oxygen atoms in total. The quantitative estimate of drug-likeness (QED) is 0.0645.